The van der Waals surface area contributed by atoms with Crippen LogP contribution in [0.25, 0.3) is 0 Å². The average molecular weight is 273 g/mol. The van der Waals surface area contributed by atoms with E-state index in [1.54, 1.807) is 0 Å². The first kappa shape index (κ1) is 18.2. The molecule has 0 saturated heterocycles. The van der Waals surface area contributed by atoms with Gasteiger partial charge in [0, 0.05) is 6.61 Å². The zero-order valence-corrected chi connectivity index (χ0v) is 14.8. The highest BCUT2D eigenvalue weighted by atomic mass is 28.3. The van der Waals surface area contributed by atoms with E-state index < -0.39 is 8.07 Å². The van der Waals surface area contributed by atoms with Crippen molar-refractivity contribution >= 4 is 8.07 Å². The van der Waals surface area contributed by atoms with E-state index in [0.29, 0.717) is 0 Å². The molecular weight excluding hydrogens is 236 g/mol. The van der Waals surface area contributed by atoms with Crippen molar-refractivity contribution in [1.82, 2.24) is 0 Å². The molecule has 0 N–H and O–H groups in total. The van der Waals surface area contributed by atoms with E-state index >= 15 is 0 Å². The maximum absolute atomic E-state index is 6.50. The standard InChI is InChI=1S/C16H36OSi/c1-7-10-13-16(14-11-8-2,18(4,5)6)17-15-12-9-3/h7-15H2,1-6H3. The first-order valence-corrected chi connectivity index (χ1v) is 11.6. The summed E-state index contributed by atoms with van der Waals surface area (Å²) in [6, 6.07) is 0. The molecule has 2 heteroatoms. The maximum Gasteiger partial charge on any atom is 0.0824 e. The summed E-state index contributed by atoms with van der Waals surface area (Å²) in [6.07, 6.45) is 10.2. The van der Waals surface area contributed by atoms with Gasteiger partial charge in [-0.05, 0) is 19.3 Å². The molecule has 0 fully saturated rings. The van der Waals surface area contributed by atoms with Gasteiger partial charge >= 0.3 is 0 Å². The molecule has 0 bridgehead atoms. The van der Waals surface area contributed by atoms with Gasteiger partial charge in [0.05, 0.1) is 13.3 Å². The number of hydrogen-bond donors (Lipinski definition) is 0. The lowest BCUT2D eigenvalue weighted by atomic mass is 10.1. The molecule has 0 rings (SSSR count). The Labute approximate surface area is 117 Å². The van der Waals surface area contributed by atoms with Gasteiger partial charge in [-0.15, -0.1) is 0 Å². The van der Waals surface area contributed by atoms with Gasteiger partial charge in [0.2, 0.25) is 0 Å². The molecular formula is C16H36OSi. The first-order chi connectivity index (χ1) is 8.43. The summed E-state index contributed by atoms with van der Waals surface area (Å²) in [5.74, 6) is 0. The monoisotopic (exact) mass is 272 g/mol. The molecule has 0 aliphatic rings. The van der Waals surface area contributed by atoms with Crippen LogP contribution in [-0.2, 0) is 4.74 Å². The third kappa shape index (κ3) is 5.88. The minimum absolute atomic E-state index is 0.230. The van der Waals surface area contributed by atoms with Crippen molar-refractivity contribution in [2.45, 2.75) is 97.0 Å². The van der Waals surface area contributed by atoms with E-state index in [9.17, 15) is 0 Å². The fourth-order valence-electron chi connectivity index (χ4n) is 2.57. The Balaban J connectivity index is 4.75. The highest BCUT2D eigenvalue weighted by molar-refractivity contribution is 6.79. The van der Waals surface area contributed by atoms with Crippen molar-refractivity contribution in [3.05, 3.63) is 0 Å². The molecule has 0 amide bonds. The lowest BCUT2D eigenvalue weighted by Crippen LogP contribution is -2.54. The molecule has 0 aromatic heterocycles. The van der Waals surface area contributed by atoms with Crippen LogP contribution in [0.5, 0.6) is 0 Å². The molecule has 0 spiro atoms. The molecule has 0 saturated carbocycles. The van der Waals surface area contributed by atoms with Crippen molar-refractivity contribution in [3.8, 4) is 0 Å². The van der Waals surface area contributed by atoms with Crippen molar-refractivity contribution in [3.63, 3.8) is 0 Å². The molecule has 0 radical (unpaired) electrons. The summed E-state index contributed by atoms with van der Waals surface area (Å²) in [6.45, 7) is 15.3. The zero-order valence-electron chi connectivity index (χ0n) is 13.8. The number of ether oxygens (including phenoxy) is 1. The normalized spacial score (nSPS) is 13.0. The minimum Gasteiger partial charge on any atom is -0.378 e. The molecule has 0 aliphatic heterocycles. The van der Waals surface area contributed by atoms with Crippen LogP contribution >= 0.6 is 0 Å². The van der Waals surface area contributed by atoms with Gasteiger partial charge in [0.15, 0.2) is 0 Å². The number of unbranched alkanes of at least 4 members (excludes halogenated alkanes) is 3. The summed E-state index contributed by atoms with van der Waals surface area (Å²) in [4.78, 5) is 0. The second-order valence-electron chi connectivity index (χ2n) is 6.65. The topological polar surface area (TPSA) is 9.23 Å². The average Bonchev–Trinajstić information content (AvgIpc) is 2.31. The molecule has 110 valence electrons. The van der Waals surface area contributed by atoms with Gasteiger partial charge in [0.1, 0.15) is 0 Å². The fraction of sp³-hybridized carbons (Fsp3) is 1.00. The van der Waals surface area contributed by atoms with Gasteiger partial charge in [-0.25, -0.2) is 0 Å². The molecule has 18 heavy (non-hydrogen) atoms. The lowest BCUT2D eigenvalue weighted by molar-refractivity contribution is -0.00667. The van der Waals surface area contributed by atoms with E-state index in [1.165, 1.54) is 51.4 Å². The summed E-state index contributed by atoms with van der Waals surface area (Å²) in [5.41, 5.74) is 0. The maximum atomic E-state index is 6.50. The Morgan fingerprint density at radius 1 is 0.778 bits per heavy atom. The van der Waals surface area contributed by atoms with Gasteiger partial charge in [-0.1, -0.05) is 72.5 Å². The summed E-state index contributed by atoms with van der Waals surface area (Å²) >= 11 is 0. The van der Waals surface area contributed by atoms with E-state index in [2.05, 4.69) is 40.4 Å². The first-order valence-electron chi connectivity index (χ1n) is 8.07. The van der Waals surface area contributed by atoms with Crippen LogP contribution < -0.4 is 0 Å². The van der Waals surface area contributed by atoms with Gasteiger partial charge in [-0.2, -0.15) is 0 Å². The summed E-state index contributed by atoms with van der Waals surface area (Å²) in [5, 5.41) is 0.230. The highest BCUT2D eigenvalue weighted by Gasteiger charge is 2.42. The predicted octanol–water partition coefficient (Wildman–Crippen LogP) is 5.80. The molecule has 0 heterocycles. The molecule has 0 aromatic rings. The zero-order chi connectivity index (χ0) is 14.1. The van der Waals surface area contributed by atoms with Crippen LogP contribution in [-0.4, -0.2) is 19.9 Å². The van der Waals surface area contributed by atoms with E-state index in [4.69, 9.17) is 4.74 Å². The molecule has 0 unspecified atom stereocenters. The second-order valence-corrected chi connectivity index (χ2v) is 12.1. The van der Waals surface area contributed by atoms with E-state index in [-0.39, 0.29) is 5.22 Å². The predicted molar refractivity (Wildman–Crippen MR) is 86.0 cm³/mol. The lowest BCUT2D eigenvalue weighted by Gasteiger charge is -2.44. The van der Waals surface area contributed by atoms with Gasteiger partial charge in [-0.3, -0.25) is 0 Å². The number of hydrogen-bond acceptors (Lipinski definition) is 1. The Morgan fingerprint density at radius 3 is 1.56 bits per heavy atom. The highest BCUT2D eigenvalue weighted by Crippen LogP contribution is 2.35. The quantitative estimate of drug-likeness (QED) is 0.341. The van der Waals surface area contributed by atoms with Crippen LogP contribution in [0.4, 0.5) is 0 Å². The van der Waals surface area contributed by atoms with Crippen molar-refractivity contribution in [2.24, 2.45) is 0 Å². The Hall–Kier alpha value is 0.177. The fourth-order valence-corrected chi connectivity index (χ4v) is 4.96. The molecule has 1 nitrogen and oxygen atoms in total. The van der Waals surface area contributed by atoms with E-state index in [1.807, 2.05) is 0 Å². The molecule has 0 aromatic carbocycles. The second kappa shape index (κ2) is 9.14. The number of rotatable bonds is 11. The Bertz CT molecular complexity index is 188. The van der Waals surface area contributed by atoms with Gasteiger partial charge in [0.25, 0.3) is 0 Å². The van der Waals surface area contributed by atoms with Crippen molar-refractivity contribution < 1.29 is 4.74 Å². The minimum atomic E-state index is -1.28. The SMILES string of the molecule is CCCCOC(CCCC)(CCCC)[Si](C)(C)C. The van der Waals surface area contributed by atoms with Crippen molar-refractivity contribution in [2.75, 3.05) is 6.61 Å². The smallest absolute Gasteiger partial charge is 0.0824 e. The van der Waals surface area contributed by atoms with Crippen LogP contribution in [0.3, 0.4) is 0 Å². The van der Waals surface area contributed by atoms with Gasteiger partial charge < -0.3 is 4.74 Å². The summed E-state index contributed by atoms with van der Waals surface area (Å²) in [7, 11) is -1.28. The largest absolute Gasteiger partial charge is 0.378 e. The van der Waals surface area contributed by atoms with E-state index in [0.717, 1.165) is 6.61 Å². The van der Waals surface area contributed by atoms with Crippen LogP contribution in [0.2, 0.25) is 19.6 Å². The van der Waals surface area contributed by atoms with Crippen LogP contribution in [0.15, 0.2) is 0 Å². The van der Waals surface area contributed by atoms with Crippen LogP contribution in [0.1, 0.15) is 72.1 Å². The third-order valence-corrected chi connectivity index (χ3v) is 7.49. The third-order valence-electron chi connectivity index (χ3n) is 4.11. The molecule has 0 aliphatic carbocycles. The summed E-state index contributed by atoms with van der Waals surface area (Å²) < 4.78 is 6.50. The van der Waals surface area contributed by atoms with Crippen molar-refractivity contribution in [1.29, 1.82) is 0 Å². The Kier molecular flexibility index (Phi) is 9.23. The Morgan fingerprint density at radius 2 is 1.22 bits per heavy atom. The van der Waals surface area contributed by atoms with Crippen LogP contribution in [0, 0.1) is 0 Å². The molecule has 0 atom stereocenters.